The Morgan fingerprint density at radius 3 is 2.65 bits per heavy atom. The highest BCUT2D eigenvalue weighted by molar-refractivity contribution is 5.59. The molecule has 23 heavy (non-hydrogen) atoms. The highest BCUT2D eigenvalue weighted by atomic mass is 16.7. The van der Waals surface area contributed by atoms with E-state index >= 15 is 0 Å². The van der Waals surface area contributed by atoms with Crippen molar-refractivity contribution in [2.75, 3.05) is 0 Å². The zero-order valence-corrected chi connectivity index (χ0v) is 14.2. The smallest absolute Gasteiger partial charge is 0.159 e. The molecule has 6 atom stereocenters. The molecule has 0 radical (unpaired) electrons. The zero-order chi connectivity index (χ0) is 16.2. The van der Waals surface area contributed by atoms with E-state index in [-0.39, 0.29) is 17.8 Å². The van der Waals surface area contributed by atoms with Gasteiger partial charge in [-0.3, -0.25) is 0 Å². The molecule has 0 amide bonds. The lowest BCUT2D eigenvalue weighted by atomic mass is 9.70. The van der Waals surface area contributed by atoms with Crippen LogP contribution in [0.2, 0.25) is 0 Å². The molecule has 3 aliphatic rings. The number of rotatable bonds is 4. The van der Waals surface area contributed by atoms with E-state index in [0.29, 0.717) is 11.3 Å². The van der Waals surface area contributed by atoms with Crippen molar-refractivity contribution in [3.63, 3.8) is 0 Å². The molecule has 4 rings (SSSR count). The minimum Gasteiger partial charge on any atom is -0.348 e. The van der Waals surface area contributed by atoms with Gasteiger partial charge in [-0.05, 0) is 41.1 Å². The molecule has 0 aromatic heterocycles. The average molecular weight is 314 g/mol. The number of fused-ring (bicyclic) bond motifs is 5. The number of hydrogen-bond donors (Lipinski definition) is 0. The van der Waals surface area contributed by atoms with E-state index in [1.165, 1.54) is 12.8 Å². The van der Waals surface area contributed by atoms with Crippen molar-refractivity contribution in [2.45, 2.75) is 58.5 Å². The lowest BCUT2D eigenvalue weighted by molar-refractivity contribution is -0.186. The molecule has 1 aliphatic heterocycles. The molecular weight excluding hydrogens is 288 g/mol. The second-order valence-corrected chi connectivity index (χ2v) is 8.27. The van der Waals surface area contributed by atoms with Gasteiger partial charge >= 0.3 is 0 Å². The van der Waals surface area contributed by atoms with Gasteiger partial charge in [0.15, 0.2) is 12.6 Å². The minimum atomic E-state index is -0.529. The van der Waals surface area contributed by atoms with Crippen molar-refractivity contribution < 1.29 is 14.3 Å². The first-order valence-electron chi connectivity index (χ1n) is 8.78. The van der Waals surface area contributed by atoms with Gasteiger partial charge in [0.1, 0.15) is 6.10 Å². The second-order valence-electron chi connectivity index (χ2n) is 8.27. The Labute approximate surface area is 138 Å². The van der Waals surface area contributed by atoms with E-state index in [1.54, 1.807) is 0 Å². The van der Waals surface area contributed by atoms with Crippen molar-refractivity contribution in [1.29, 1.82) is 0 Å². The zero-order valence-electron chi connectivity index (χ0n) is 14.2. The van der Waals surface area contributed by atoms with Crippen LogP contribution in [0.3, 0.4) is 0 Å². The number of carbonyl (C=O) groups is 1. The summed E-state index contributed by atoms with van der Waals surface area (Å²) in [4.78, 5) is 11.5. The summed E-state index contributed by atoms with van der Waals surface area (Å²) < 4.78 is 12.4. The maximum Gasteiger partial charge on any atom is 0.159 e. The normalized spacial score (nSPS) is 41.7. The molecule has 3 fully saturated rings. The third-order valence-electron chi connectivity index (χ3n) is 7.22. The number of carbonyl (C=O) groups excluding carboxylic acids is 1. The summed E-state index contributed by atoms with van der Waals surface area (Å²) in [6.45, 7) is 7.19. The van der Waals surface area contributed by atoms with Gasteiger partial charge in [-0.1, -0.05) is 51.1 Å². The van der Waals surface area contributed by atoms with Crippen LogP contribution < -0.4 is 0 Å². The van der Waals surface area contributed by atoms with Gasteiger partial charge in [-0.15, -0.1) is 0 Å². The van der Waals surface area contributed by atoms with Gasteiger partial charge in [0.2, 0.25) is 0 Å². The highest BCUT2D eigenvalue weighted by Gasteiger charge is 2.69. The first kappa shape index (κ1) is 15.3. The average Bonchev–Trinajstić information content (AvgIpc) is 3.11. The van der Waals surface area contributed by atoms with Crippen molar-refractivity contribution in [2.24, 2.45) is 22.7 Å². The minimum absolute atomic E-state index is 0.240. The fourth-order valence-corrected chi connectivity index (χ4v) is 5.57. The van der Waals surface area contributed by atoms with E-state index in [9.17, 15) is 4.79 Å². The van der Waals surface area contributed by atoms with E-state index < -0.39 is 6.10 Å². The largest absolute Gasteiger partial charge is 0.348 e. The number of hydrogen-bond acceptors (Lipinski definition) is 3. The summed E-state index contributed by atoms with van der Waals surface area (Å²) in [6.07, 6.45) is 3.85. The van der Waals surface area contributed by atoms with Crippen molar-refractivity contribution in [3.05, 3.63) is 35.9 Å². The molecular formula is C20H26O3. The van der Waals surface area contributed by atoms with Crippen LogP contribution in [-0.4, -0.2) is 18.7 Å². The number of aldehydes is 1. The monoisotopic (exact) mass is 314 g/mol. The molecule has 3 nitrogen and oxygen atoms in total. The Morgan fingerprint density at radius 1 is 1.26 bits per heavy atom. The molecule has 2 saturated carbocycles. The summed E-state index contributed by atoms with van der Waals surface area (Å²) in [5, 5.41) is 0. The third-order valence-corrected chi connectivity index (χ3v) is 7.22. The van der Waals surface area contributed by atoms with E-state index in [0.717, 1.165) is 24.2 Å². The van der Waals surface area contributed by atoms with Crippen LogP contribution in [-0.2, 0) is 14.3 Å². The van der Waals surface area contributed by atoms with Crippen molar-refractivity contribution in [1.82, 2.24) is 0 Å². The molecule has 124 valence electrons. The van der Waals surface area contributed by atoms with Crippen molar-refractivity contribution >= 4 is 6.29 Å². The van der Waals surface area contributed by atoms with E-state index in [1.807, 2.05) is 30.3 Å². The highest BCUT2D eigenvalue weighted by Crippen LogP contribution is 2.71. The van der Waals surface area contributed by atoms with Gasteiger partial charge in [0, 0.05) is 6.42 Å². The third kappa shape index (κ3) is 2.06. The Hall–Kier alpha value is -1.19. The van der Waals surface area contributed by atoms with E-state index in [4.69, 9.17) is 9.47 Å². The van der Waals surface area contributed by atoms with Gasteiger partial charge in [0.05, 0.1) is 6.10 Å². The van der Waals surface area contributed by atoms with Crippen LogP contribution in [0.25, 0.3) is 0 Å². The van der Waals surface area contributed by atoms with Crippen LogP contribution in [0, 0.1) is 22.7 Å². The molecule has 0 spiro atoms. The first-order valence-corrected chi connectivity index (χ1v) is 8.78. The Morgan fingerprint density at radius 2 is 2.00 bits per heavy atom. The van der Waals surface area contributed by atoms with Crippen molar-refractivity contribution in [3.8, 4) is 0 Å². The Kier molecular flexibility index (Phi) is 3.44. The topological polar surface area (TPSA) is 35.5 Å². The summed E-state index contributed by atoms with van der Waals surface area (Å²) in [5.74, 6) is 1.30. The quantitative estimate of drug-likeness (QED) is 0.784. The lowest BCUT2D eigenvalue weighted by Gasteiger charge is -2.38. The molecule has 1 saturated heterocycles. The maximum atomic E-state index is 11.5. The summed E-state index contributed by atoms with van der Waals surface area (Å²) >= 11 is 0. The number of benzene rings is 1. The lowest BCUT2D eigenvalue weighted by Crippen LogP contribution is -2.38. The fraction of sp³-hybridized carbons (Fsp3) is 0.650. The van der Waals surface area contributed by atoms with Gasteiger partial charge in [-0.2, -0.15) is 0 Å². The molecule has 1 aromatic carbocycles. The van der Waals surface area contributed by atoms with Gasteiger partial charge in [-0.25, -0.2) is 0 Å². The predicted molar refractivity (Wildman–Crippen MR) is 87.7 cm³/mol. The fourth-order valence-electron chi connectivity index (χ4n) is 5.57. The molecule has 3 heteroatoms. The molecule has 2 aliphatic carbocycles. The van der Waals surface area contributed by atoms with E-state index in [2.05, 4.69) is 20.8 Å². The number of ether oxygens (including phenoxy) is 2. The predicted octanol–water partition coefficient (Wildman–Crippen LogP) is 4.13. The first-order chi connectivity index (χ1) is 11.0. The second kappa shape index (κ2) is 5.15. The molecule has 1 heterocycles. The van der Waals surface area contributed by atoms with Crippen LogP contribution >= 0.6 is 0 Å². The van der Waals surface area contributed by atoms with Crippen LogP contribution in [0.4, 0.5) is 0 Å². The van der Waals surface area contributed by atoms with Crippen LogP contribution in [0.5, 0.6) is 0 Å². The van der Waals surface area contributed by atoms with Gasteiger partial charge < -0.3 is 14.3 Å². The Bertz CT molecular complexity index is 596. The van der Waals surface area contributed by atoms with Crippen LogP contribution in [0.15, 0.2) is 30.3 Å². The Balaban J connectivity index is 1.50. The molecule has 2 bridgehead atoms. The van der Waals surface area contributed by atoms with Crippen LogP contribution in [0.1, 0.15) is 51.7 Å². The standard InChI is InChI=1S/C20H26O3/c1-19(2)15-9-10-20(19,3)18-14(15)11-17(23-18)22-16(12-21)13-7-5-4-6-8-13/h4-8,12,14-18H,9-11H2,1-3H3/t14-,15+,16+,17-,18-,20-/m0/s1. The SMILES string of the molecule is CC1(C)[C@@H]2CC[C@@]1(C)[C@H]1O[C@H](O[C@H](C=O)c3ccccc3)C[C@@H]21. The molecule has 1 aromatic rings. The van der Waals surface area contributed by atoms with Gasteiger partial charge in [0.25, 0.3) is 0 Å². The molecule has 0 unspecified atom stereocenters. The summed E-state index contributed by atoms with van der Waals surface area (Å²) in [6, 6.07) is 9.68. The maximum absolute atomic E-state index is 11.5. The molecule has 0 N–H and O–H groups in total. The summed E-state index contributed by atoms with van der Waals surface area (Å²) in [5.41, 5.74) is 1.48. The summed E-state index contributed by atoms with van der Waals surface area (Å²) in [7, 11) is 0.